The van der Waals surface area contributed by atoms with Crippen molar-refractivity contribution in [3.8, 4) is 0 Å². The molecule has 1 aliphatic rings. The minimum absolute atomic E-state index is 0.166. The molecule has 2 atom stereocenters. The smallest absolute Gasteiger partial charge is 0.259 e. The van der Waals surface area contributed by atoms with Crippen LogP contribution in [-0.4, -0.2) is 23.1 Å². The van der Waals surface area contributed by atoms with Crippen LogP contribution in [0.5, 0.6) is 0 Å². The average molecular weight is 404 g/mol. The summed E-state index contributed by atoms with van der Waals surface area (Å²) in [5, 5.41) is 2.97. The van der Waals surface area contributed by atoms with Crippen molar-refractivity contribution >= 4 is 28.3 Å². The number of carbonyl (C=O) groups excluding carboxylic acids is 2. The lowest BCUT2D eigenvalue weighted by Crippen LogP contribution is -2.28. The Hall–Kier alpha value is -3.25. The second kappa shape index (κ2) is 7.64. The molecule has 29 heavy (non-hydrogen) atoms. The number of hydrogen-bond donors (Lipinski definition) is 1. The number of rotatable bonds is 3. The Balaban J connectivity index is 1.68. The van der Waals surface area contributed by atoms with Crippen molar-refractivity contribution in [2.75, 3.05) is 11.9 Å². The molecule has 6 heteroatoms. The zero-order valence-electron chi connectivity index (χ0n) is 16.1. The van der Waals surface area contributed by atoms with Gasteiger partial charge in [0, 0.05) is 12.6 Å². The van der Waals surface area contributed by atoms with Gasteiger partial charge in [0.15, 0.2) is 0 Å². The Kier molecular flexibility index (Phi) is 5.03. The second-order valence-corrected chi connectivity index (χ2v) is 8.33. The number of carbonyl (C=O) groups is 2. The van der Waals surface area contributed by atoms with Crippen LogP contribution in [0.3, 0.4) is 0 Å². The lowest BCUT2D eigenvalue weighted by Gasteiger charge is -2.19. The van der Waals surface area contributed by atoms with E-state index < -0.39 is 10.8 Å². The van der Waals surface area contributed by atoms with Gasteiger partial charge in [0.2, 0.25) is 0 Å². The van der Waals surface area contributed by atoms with Crippen molar-refractivity contribution in [1.29, 1.82) is 0 Å². The number of nitrogens with zero attached hydrogens (tertiary/aromatic N) is 1. The van der Waals surface area contributed by atoms with Crippen molar-refractivity contribution in [3.63, 3.8) is 0 Å². The van der Waals surface area contributed by atoms with E-state index >= 15 is 0 Å². The van der Waals surface area contributed by atoms with Gasteiger partial charge in [-0.05, 0) is 42.8 Å². The Morgan fingerprint density at radius 1 is 0.966 bits per heavy atom. The number of fused-ring (bicyclic) bond motifs is 2. The molecule has 0 aliphatic carbocycles. The van der Waals surface area contributed by atoms with Gasteiger partial charge in [-0.25, -0.2) is 4.21 Å². The molecule has 5 nitrogen and oxygen atoms in total. The molecule has 3 aromatic rings. The van der Waals surface area contributed by atoms with Crippen LogP contribution >= 0.6 is 0 Å². The highest BCUT2D eigenvalue weighted by Crippen LogP contribution is 2.34. The molecule has 3 aromatic carbocycles. The van der Waals surface area contributed by atoms with Crippen LogP contribution in [0.15, 0.2) is 82.6 Å². The van der Waals surface area contributed by atoms with Gasteiger partial charge in [-0.3, -0.25) is 9.59 Å². The Morgan fingerprint density at radius 3 is 2.41 bits per heavy atom. The number of anilines is 1. The van der Waals surface area contributed by atoms with Crippen molar-refractivity contribution < 1.29 is 13.8 Å². The summed E-state index contributed by atoms with van der Waals surface area (Å²) in [4.78, 5) is 28.1. The van der Waals surface area contributed by atoms with Gasteiger partial charge >= 0.3 is 0 Å². The zero-order chi connectivity index (χ0) is 20.5. The summed E-state index contributed by atoms with van der Waals surface area (Å²) >= 11 is 0. The summed E-state index contributed by atoms with van der Waals surface area (Å²) in [7, 11) is 0.129. The van der Waals surface area contributed by atoms with E-state index in [1.807, 2.05) is 37.3 Å². The second-order valence-electron chi connectivity index (χ2n) is 6.92. The van der Waals surface area contributed by atoms with Crippen LogP contribution in [0.25, 0.3) is 0 Å². The molecule has 146 valence electrons. The van der Waals surface area contributed by atoms with Crippen molar-refractivity contribution in [3.05, 3.63) is 89.5 Å². The Bertz CT molecular complexity index is 1130. The normalized spacial score (nSPS) is 16.4. The summed E-state index contributed by atoms with van der Waals surface area (Å²) in [6.07, 6.45) is 0. The molecule has 1 aliphatic heterocycles. The van der Waals surface area contributed by atoms with Crippen LogP contribution < -0.4 is 10.2 Å². The molecule has 1 heterocycles. The number of amides is 2. The minimum atomic E-state index is -1.50. The number of benzene rings is 3. The van der Waals surface area contributed by atoms with E-state index in [2.05, 4.69) is 5.32 Å². The molecular weight excluding hydrogens is 384 g/mol. The van der Waals surface area contributed by atoms with Crippen LogP contribution in [0.2, 0.25) is 0 Å². The molecule has 2 amide bonds. The van der Waals surface area contributed by atoms with Crippen LogP contribution in [-0.2, 0) is 10.8 Å². The predicted octanol–water partition coefficient (Wildman–Crippen LogP) is 3.93. The summed E-state index contributed by atoms with van der Waals surface area (Å²) in [6, 6.07) is 21.4. The van der Waals surface area contributed by atoms with E-state index in [4.69, 9.17) is 0 Å². The molecule has 4 rings (SSSR count). The van der Waals surface area contributed by atoms with E-state index in [9.17, 15) is 13.8 Å². The summed E-state index contributed by atoms with van der Waals surface area (Å²) < 4.78 is 13.1. The molecule has 0 bridgehead atoms. The van der Waals surface area contributed by atoms with Crippen molar-refractivity contribution in [2.24, 2.45) is 0 Å². The molecule has 0 radical (unpaired) electrons. The summed E-state index contributed by atoms with van der Waals surface area (Å²) in [6.45, 7) is 1.91. The predicted molar refractivity (Wildman–Crippen MR) is 113 cm³/mol. The third-order valence-electron chi connectivity index (χ3n) is 5.05. The fourth-order valence-electron chi connectivity index (χ4n) is 3.40. The van der Waals surface area contributed by atoms with Gasteiger partial charge in [-0.1, -0.05) is 42.5 Å². The van der Waals surface area contributed by atoms with Gasteiger partial charge < -0.3 is 10.2 Å². The first-order chi connectivity index (χ1) is 14.0. The maximum atomic E-state index is 13.1. The Morgan fingerprint density at radius 2 is 1.66 bits per heavy atom. The maximum absolute atomic E-state index is 13.1. The van der Waals surface area contributed by atoms with Crippen LogP contribution in [0, 0.1) is 0 Å². The van der Waals surface area contributed by atoms with Gasteiger partial charge in [0.25, 0.3) is 11.8 Å². The van der Waals surface area contributed by atoms with E-state index in [1.54, 1.807) is 49.5 Å². The fourth-order valence-corrected chi connectivity index (χ4v) is 4.77. The quantitative estimate of drug-likeness (QED) is 0.719. The first-order valence-corrected chi connectivity index (χ1v) is 10.4. The van der Waals surface area contributed by atoms with Gasteiger partial charge in [-0.2, -0.15) is 0 Å². The van der Waals surface area contributed by atoms with E-state index in [0.717, 1.165) is 5.56 Å². The largest absolute Gasteiger partial charge is 0.346 e. The van der Waals surface area contributed by atoms with Gasteiger partial charge in [0.05, 0.1) is 37.9 Å². The van der Waals surface area contributed by atoms with Crippen LogP contribution in [0.4, 0.5) is 5.69 Å². The van der Waals surface area contributed by atoms with Gasteiger partial charge in [0.1, 0.15) is 0 Å². The molecule has 0 spiro atoms. The topological polar surface area (TPSA) is 66.5 Å². The summed E-state index contributed by atoms with van der Waals surface area (Å²) in [5.41, 5.74) is 2.30. The highest BCUT2D eigenvalue weighted by atomic mass is 32.2. The third-order valence-corrected chi connectivity index (χ3v) is 6.55. The van der Waals surface area contributed by atoms with E-state index in [-0.39, 0.29) is 17.9 Å². The molecule has 0 aromatic heterocycles. The molecule has 1 unspecified atom stereocenters. The highest BCUT2D eigenvalue weighted by molar-refractivity contribution is 7.85. The minimum Gasteiger partial charge on any atom is -0.346 e. The highest BCUT2D eigenvalue weighted by Gasteiger charge is 2.29. The zero-order valence-corrected chi connectivity index (χ0v) is 16.9. The maximum Gasteiger partial charge on any atom is 0.259 e. The first kappa shape index (κ1) is 19.1. The average Bonchev–Trinajstić information content (AvgIpc) is 2.84. The monoisotopic (exact) mass is 404 g/mol. The fraction of sp³-hybridized carbons (Fsp3) is 0.130. The third kappa shape index (κ3) is 3.47. The lowest BCUT2D eigenvalue weighted by atomic mass is 10.1. The summed E-state index contributed by atoms with van der Waals surface area (Å²) in [5.74, 6) is -0.500. The van der Waals surface area contributed by atoms with Crippen LogP contribution in [0.1, 0.15) is 39.2 Å². The molecule has 0 saturated carbocycles. The van der Waals surface area contributed by atoms with E-state index in [0.29, 0.717) is 26.6 Å². The SMILES string of the molecule is CC(NC(=O)c1ccc2c(c1)N(C)C(=O)c1ccccc1[S@@]2=O)c1ccccc1. The van der Waals surface area contributed by atoms with Gasteiger partial charge in [-0.15, -0.1) is 0 Å². The molecular formula is C23H20N2O3S. The molecule has 1 N–H and O–H groups in total. The lowest BCUT2D eigenvalue weighted by molar-refractivity contribution is 0.0937. The number of nitrogens with one attached hydrogen (secondary N) is 1. The van der Waals surface area contributed by atoms with Crippen molar-refractivity contribution in [1.82, 2.24) is 5.32 Å². The standard InChI is InChI=1S/C23H20N2O3S/c1-15(16-8-4-3-5-9-16)24-22(26)17-12-13-21-19(14-17)25(2)23(27)18-10-6-7-11-20(18)29(21)28/h3-15H,1-2H3,(H,24,26)/t15?,29-/m0/s1. The van der Waals surface area contributed by atoms with E-state index in [1.165, 1.54) is 4.90 Å². The first-order valence-electron chi connectivity index (χ1n) is 9.26. The molecule has 0 fully saturated rings. The Labute approximate surface area is 171 Å². The number of hydrogen-bond acceptors (Lipinski definition) is 3. The molecule has 0 saturated heterocycles. The van der Waals surface area contributed by atoms with Crippen molar-refractivity contribution in [2.45, 2.75) is 22.8 Å².